The lowest BCUT2D eigenvalue weighted by molar-refractivity contribution is -0.135. The number of rotatable bonds is 5. The van der Waals surface area contributed by atoms with Crippen LogP contribution >= 0.6 is 0 Å². The molecule has 27 heavy (non-hydrogen) atoms. The first kappa shape index (κ1) is 18.8. The number of aryl methyl sites for hydroxylation is 1. The van der Waals surface area contributed by atoms with Gasteiger partial charge in [-0.05, 0) is 44.0 Å². The molecular formula is C21H24N2O4. The first-order valence-electron chi connectivity index (χ1n) is 9.02. The van der Waals surface area contributed by atoms with Gasteiger partial charge in [-0.3, -0.25) is 9.59 Å². The van der Waals surface area contributed by atoms with Crippen LogP contribution in [0.4, 0.5) is 11.4 Å². The average molecular weight is 368 g/mol. The van der Waals surface area contributed by atoms with Crippen molar-refractivity contribution in [3.05, 3.63) is 48.0 Å². The molecule has 0 aromatic heterocycles. The summed E-state index contributed by atoms with van der Waals surface area (Å²) in [5.41, 5.74) is 1.05. The molecule has 2 amide bonds. The molecule has 0 unspecified atom stereocenters. The van der Waals surface area contributed by atoms with E-state index in [-0.39, 0.29) is 5.91 Å². The van der Waals surface area contributed by atoms with Crippen LogP contribution in [0.15, 0.2) is 42.5 Å². The van der Waals surface area contributed by atoms with Crippen molar-refractivity contribution in [2.75, 3.05) is 23.8 Å². The molecule has 0 spiro atoms. The zero-order valence-corrected chi connectivity index (χ0v) is 15.8. The summed E-state index contributed by atoms with van der Waals surface area (Å²) in [7, 11) is 0. The summed E-state index contributed by atoms with van der Waals surface area (Å²) in [6.07, 6.45) is 0.792. The Bertz CT molecular complexity index is 861. The van der Waals surface area contributed by atoms with E-state index in [0.29, 0.717) is 30.4 Å². The summed E-state index contributed by atoms with van der Waals surface area (Å²) in [6, 6.07) is 12.8. The van der Waals surface area contributed by atoms with Crippen LogP contribution in [0.2, 0.25) is 0 Å². The Balaban J connectivity index is 1.72. The van der Waals surface area contributed by atoms with Gasteiger partial charge in [0.15, 0.2) is 11.5 Å². The molecule has 0 aliphatic carbocycles. The van der Waals surface area contributed by atoms with Gasteiger partial charge in [0.25, 0.3) is 0 Å². The van der Waals surface area contributed by atoms with E-state index >= 15 is 0 Å². The third-order valence-corrected chi connectivity index (χ3v) is 4.58. The molecule has 6 heteroatoms. The van der Waals surface area contributed by atoms with Crippen molar-refractivity contribution in [2.45, 2.75) is 27.2 Å². The topological polar surface area (TPSA) is 76.7 Å². The molecule has 6 nitrogen and oxygen atoms in total. The number of carbonyl (C=O) groups excluding carboxylic acids is 2. The van der Waals surface area contributed by atoms with Crippen molar-refractivity contribution in [1.29, 1.82) is 0 Å². The summed E-state index contributed by atoms with van der Waals surface area (Å²) in [4.78, 5) is 25.5. The molecule has 1 aliphatic heterocycles. The Labute approximate surface area is 158 Å². The number of nitrogens with one attached hydrogen (secondary N) is 2. The van der Waals surface area contributed by atoms with Gasteiger partial charge >= 0.3 is 0 Å². The van der Waals surface area contributed by atoms with Crippen LogP contribution < -0.4 is 20.1 Å². The number of hydrogen-bond donors (Lipinski definition) is 2. The molecule has 0 saturated carbocycles. The van der Waals surface area contributed by atoms with E-state index in [0.717, 1.165) is 17.7 Å². The molecule has 0 atom stereocenters. The number of hydrogen-bond acceptors (Lipinski definition) is 4. The van der Waals surface area contributed by atoms with Gasteiger partial charge in [-0.15, -0.1) is 0 Å². The van der Waals surface area contributed by atoms with Gasteiger partial charge in [-0.2, -0.15) is 0 Å². The SMILES string of the molecule is CCc1ccccc1NC(=O)C(C)(C)C(=O)Nc1ccc2c(c1)OCCO2. The Hall–Kier alpha value is -3.02. The summed E-state index contributed by atoms with van der Waals surface area (Å²) < 4.78 is 11.0. The third kappa shape index (κ3) is 4.05. The third-order valence-electron chi connectivity index (χ3n) is 4.58. The monoisotopic (exact) mass is 368 g/mol. The number of amides is 2. The number of carbonyl (C=O) groups is 2. The zero-order chi connectivity index (χ0) is 19.4. The second kappa shape index (κ2) is 7.70. The van der Waals surface area contributed by atoms with Gasteiger partial charge in [0.1, 0.15) is 18.6 Å². The van der Waals surface area contributed by atoms with Crippen molar-refractivity contribution >= 4 is 23.2 Å². The fourth-order valence-corrected chi connectivity index (χ4v) is 2.74. The van der Waals surface area contributed by atoms with Crippen LogP contribution in [0.25, 0.3) is 0 Å². The largest absolute Gasteiger partial charge is 0.486 e. The molecule has 0 saturated heterocycles. The fourth-order valence-electron chi connectivity index (χ4n) is 2.74. The molecule has 0 fully saturated rings. The minimum absolute atomic E-state index is 0.363. The van der Waals surface area contributed by atoms with E-state index in [1.165, 1.54) is 0 Å². The molecule has 1 aliphatic rings. The van der Waals surface area contributed by atoms with Gasteiger partial charge in [-0.25, -0.2) is 0 Å². The van der Waals surface area contributed by atoms with Crippen molar-refractivity contribution < 1.29 is 19.1 Å². The lowest BCUT2D eigenvalue weighted by Crippen LogP contribution is -2.41. The highest BCUT2D eigenvalue weighted by molar-refractivity contribution is 6.14. The standard InChI is InChI=1S/C21H24N2O4/c1-4-14-7-5-6-8-16(14)23-20(25)21(2,3)19(24)22-15-9-10-17-18(13-15)27-12-11-26-17/h5-10,13H,4,11-12H2,1-3H3,(H,22,24)(H,23,25). The van der Waals surface area contributed by atoms with Crippen LogP contribution in [0.3, 0.4) is 0 Å². The van der Waals surface area contributed by atoms with Crippen LogP contribution in [-0.2, 0) is 16.0 Å². The average Bonchev–Trinajstić information content (AvgIpc) is 2.68. The van der Waals surface area contributed by atoms with E-state index in [2.05, 4.69) is 10.6 Å². The fraction of sp³-hybridized carbons (Fsp3) is 0.333. The summed E-state index contributed by atoms with van der Waals surface area (Å²) >= 11 is 0. The Kier molecular flexibility index (Phi) is 5.35. The summed E-state index contributed by atoms with van der Waals surface area (Å²) in [6.45, 7) is 6.19. The van der Waals surface area contributed by atoms with Crippen LogP contribution in [0.5, 0.6) is 11.5 Å². The first-order valence-corrected chi connectivity index (χ1v) is 9.02. The lowest BCUT2D eigenvalue weighted by atomic mass is 9.90. The first-order chi connectivity index (χ1) is 12.9. The lowest BCUT2D eigenvalue weighted by Gasteiger charge is -2.24. The van der Waals surface area contributed by atoms with Crippen LogP contribution in [-0.4, -0.2) is 25.0 Å². The van der Waals surface area contributed by atoms with Gasteiger partial charge in [0.2, 0.25) is 11.8 Å². The van der Waals surface area contributed by atoms with Crippen LogP contribution in [0.1, 0.15) is 26.3 Å². The van der Waals surface area contributed by atoms with E-state index in [4.69, 9.17) is 9.47 Å². The molecule has 0 radical (unpaired) electrons. The second-order valence-electron chi connectivity index (χ2n) is 6.90. The van der Waals surface area contributed by atoms with Gasteiger partial charge < -0.3 is 20.1 Å². The van der Waals surface area contributed by atoms with Gasteiger partial charge in [-0.1, -0.05) is 25.1 Å². The smallest absolute Gasteiger partial charge is 0.239 e. The van der Waals surface area contributed by atoms with Gasteiger partial charge in [0.05, 0.1) is 0 Å². The number of benzene rings is 2. The molecule has 2 aromatic rings. The molecule has 2 aromatic carbocycles. The van der Waals surface area contributed by atoms with Gasteiger partial charge in [0, 0.05) is 17.4 Å². The highest BCUT2D eigenvalue weighted by Crippen LogP contribution is 2.33. The van der Waals surface area contributed by atoms with E-state index in [1.807, 2.05) is 31.2 Å². The normalized spacial score (nSPS) is 13.0. The number of fused-ring (bicyclic) bond motifs is 1. The Morgan fingerprint density at radius 2 is 1.63 bits per heavy atom. The maximum absolute atomic E-state index is 12.8. The predicted octanol–water partition coefficient (Wildman–Crippen LogP) is 3.62. The van der Waals surface area contributed by atoms with E-state index in [9.17, 15) is 9.59 Å². The highest BCUT2D eigenvalue weighted by Gasteiger charge is 2.36. The van der Waals surface area contributed by atoms with Crippen LogP contribution in [0, 0.1) is 5.41 Å². The maximum atomic E-state index is 12.8. The molecule has 3 rings (SSSR count). The minimum atomic E-state index is -1.26. The summed E-state index contributed by atoms with van der Waals surface area (Å²) in [5, 5.41) is 5.67. The number of ether oxygens (including phenoxy) is 2. The zero-order valence-electron chi connectivity index (χ0n) is 15.8. The molecular weight excluding hydrogens is 344 g/mol. The quantitative estimate of drug-likeness (QED) is 0.790. The molecule has 2 N–H and O–H groups in total. The molecule has 1 heterocycles. The Morgan fingerprint density at radius 3 is 2.37 bits per heavy atom. The van der Waals surface area contributed by atoms with Crippen molar-refractivity contribution in [1.82, 2.24) is 0 Å². The molecule has 142 valence electrons. The van der Waals surface area contributed by atoms with Crippen molar-refractivity contribution in [3.8, 4) is 11.5 Å². The summed E-state index contributed by atoms with van der Waals surface area (Å²) in [5.74, 6) is 0.467. The van der Waals surface area contributed by atoms with Crippen molar-refractivity contribution in [3.63, 3.8) is 0 Å². The van der Waals surface area contributed by atoms with Crippen molar-refractivity contribution in [2.24, 2.45) is 5.41 Å². The Morgan fingerprint density at radius 1 is 0.963 bits per heavy atom. The maximum Gasteiger partial charge on any atom is 0.239 e. The second-order valence-corrected chi connectivity index (χ2v) is 6.90. The minimum Gasteiger partial charge on any atom is -0.486 e. The number of para-hydroxylation sites is 1. The highest BCUT2D eigenvalue weighted by atomic mass is 16.6. The predicted molar refractivity (Wildman–Crippen MR) is 104 cm³/mol. The van der Waals surface area contributed by atoms with E-state index in [1.54, 1.807) is 32.0 Å². The van der Waals surface area contributed by atoms with E-state index < -0.39 is 11.3 Å². The molecule has 0 bridgehead atoms. The number of anilines is 2.